The van der Waals surface area contributed by atoms with Gasteiger partial charge in [-0.1, -0.05) is 18.2 Å². The van der Waals surface area contributed by atoms with Gasteiger partial charge in [-0.25, -0.2) is 4.39 Å². The first-order valence-electron chi connectivity index (χ1n) is 10.5. The van der Waals surface area contributed by atoms with Crippen molar-refractivity contribution in [1.29, 1.82) is 0 Å². The summed E-state index contributed by atoms with van der Waals surface area (Å²) in [5, 5.41) is 7.12. The maximum atomic E-state index is 13.8. The van der Waals surface area contributed by atoms with Crippen LogP contribution in [0.3, 0.4) is 0 Å². The third kappa shape index (κ3) is 4.53. The number of ether oxygens (including phenoxy) is 1. The van der Waals surface area contributed by atoms with Gasteiger partial charge in [0.15, 0.2) is 0 Å². The molecule has 160 valence electrons. The second-order valence-electron chi connectivity index (χ2n) is 7.87. The number of hydrogen-bond acceptors (Lipinski definition) is 4. The molecule has 0 radical (unpaired) electrons. The van der Waals surface area contributed by atoms with Gasteiger partial charge in [-0.05, 0) is 30.9 Å². The van der Waals surface area contributed by atoms with Crippen molar-refractivity contribution in [2.75, 3.05) is 39.4 Å². The lowest BCUT2D eigenvalue weighted by Gasteiger charge is -2.33. The van der Waals surface area contributed by atoms with Crippen LogP contribution >= 0.6 is 0 Å². The zero-order valence-electron chi connectivity index (χ0n) is 17.0. The van der Waals surface area contributed by atoms with E-state index in [0.29, 0.717) is 56.9 Å². The fourth-order valence-corrected chi connectivity index (χ4v) is 4.25. The predicted octanol–water partition coefficient (Wildman–Crippen LogP) is 2.36. The van der Waals surface area contributed by atoms with E-state index >= 15 is 0 Å². The van der Waals surface area contributed by atoms with E-state index in [9.17, 15) is 14.0 Å². The van der Waals surface area contributed by atoms with Gasteiger partial charge in [-0.3, -0.25) is 14.7 Å². The molecular formula is C22H27FN4O3. The summed E-state index contributed by atoms with van der Waals surface area (Å²) in [6.45, 7) is 3.48. The number of hydrogen-bond donors (Lipinski definition) is 1. The van der Waals surface area contributed by atoms with Gasteiger partial charge in [0.2, 0.25) is 5.91 Å². The molecule has 8 heteroatoms. The smallest absolute Gasteiger partial charge is 0.257 e. The number of piperidine rings is 1. The fraction of sp³-hybridized carbons (Fsp3) is 0.500. The molecule has 2 aromatic rings. The van der Waals surface area contributed by atoms with E-state index in [0.717, 1.165) is 18.5 Å². The van der Waals surface area contributed by atoms with Crippen molar-refractivity contribution in [3.05, 3.63) is 53.1 Å². The van der Waals surface area contributed by atoms with Crippen molar-refractivity contribution in [2.45, 2.75) is 31.6 Å². The van der Waals surface area contributed by atoms with Crippen molar-refractivity contribution in [1.82, 2.24) is 20.0 Å². The highest BCUT2D eigenvalue weighted by Crippen LogP contribution is 2.29. The van der Waals surface area contributed by atoms with Gasteiger partial charge in [-0.15, -0.1) is 0 Å². The highest BCUT2D eigenvalue weighted by molar-refractivity contribution is 5.95. The van der Waals surface area contributed by atoms with Crippen molar-refractivity contribution in [2.24, 2.45) is 0 Å². The number of aryl methyl sites for hydroxylation is 1. The summed E-state index contributed by atoms with van der Waals surface area (Å²) in [6, 6.07) is 6.57. The van der Waals surface area contributed by atoms with Crippen LogP contribution < -0.4 is 0 Å². The molecule has 2 aliphatic heterocycles. The van der Waals surface area contributed by atoms with Crippen molar-refractivity contribution in [3.63, 3.8) is 0 Å². The van der Waals surface area contributed by atoms with Gasteiger partial charge in [-0.2, -0.15) is 5.10 Å². The molecule has 1 aromatic carbocycles. The summed E-state index contributed by atoms with van der Waals surface area (Å²) in [7, 11) is 0. The summed E-state index contributed by atoms with van der Waals surface area (Å²) in [4.78, 5) is 29.3. The lowest BCUT2D eigenvalue weighted by atomic mass is 9.92. The second kappa shape index (κ2) is 9.38. The Morgan fingerprint density at radius 1 is 1.17 bits per heavy atom. The normalized spacial score (nSPS) is 19.7. The van der Waals surface area contributed by atoms with E-state index in [2.05, 4.69) is 10.2 Å². The summed E-state index contributed by atoms with van der Waals surface area (Å²) >= 11 is 0. The topological polar surface area (TPSA) is 78.5 Å². The van der Waals surface area contributed by atoms with Crippen LogP contribution in [0, 0.1) is 5.82 Å². The minimum Gasteiger partial charge on any atom is -0.378 e. The number of carbonyl (C=O) groups excluding carboxylic acids is 2. The van der Waals surface area contributed by atoms with Gasteiger partial charge < -0.3 is 14.5 Å². The van der Waals surface area contributed by atoms with E-state index in [1.807, 2.05) is 4.90 Å². The number of carbonyl (C=O) groups is 2. The molecule has 0 saturated carbocycles. The third-order valence-corrected chi connectivity index (χ3v) is 5.95. The Bertz CT molecular complexity index is 894. The molecule has 2 fully saturated rings. The number of nitrogens with one attached hydrogen (secondary N) is 1. The summed E-state index contributed by atoms with van der Waals surface area (Å²) in [5.41, 5.74) is 1.95. The molecule has 0 spiro atoms. The van der Waals surface area contributed by atoms with E-state index in [-0.39, 0.29) is 30.0 Å². The Morgan fingerprint density at radius 2 is 1.97 bits per heavy atom. The predicted molar refractivity (Wildman–Crippen MR) is 109 cm³/mol. The third-order valence-electron chi connectivity index (χ3n) is 5.95. The molecule has 30 heavy (non-hydrogen) atoms. The van der Waals surface area contributed by atoms with E-state index in [4.69, 9.17) is 4.74 Å². The average Bonchev–Trinajstić information content (AvgIpc) is 3.28. The number of halogens is 1. The number of likely N-dealkylation sites (tertiary alicyclic amines) is 1. The molecule has 2 aliphatic rings. The van der Waals surface area contributed by atoms with Gasteiger partial charge in [0.05, 0.1) is 30.7 Å². The van der Waals surface area contributed by atoms with E-state index < -0.39 is 0 Å². The second-order valence-corrected chi connectivity index (χ2v) is 7.87. The minimum absolute atomic E-state index is 0.0172. The minimum atomic E-state index is -0.273. The lowest BCUT2D eigenvalue weighted by molar-refractivity contribution is -0.132. The first-order valence-corrected chi connectivity index (χ1v) is 10.5. The van der Waals surface area contributed by atoms with Gasteiger partial charge in [0.1, 0.15) is 5.82 Å². The molecule has 0 bridgehead atoms. The Labute approximate surface area is 175 Å². The standard InChI is InChI=1S/C22H27FN4O3/c23-19-6-2-1-4-16(19)7-8-20(28)27-9-3-5-17(15-27)21-18(14-24-25-21)22(29)26-10-12-30-13-11-26/h1-2,4,6,14,17H,3,5,7-13,15H2,(H,24,25)/t17-/m0/s1. The quantitative estimate of drug-likeness (QED) is 0.815. The molecule has 2 amide bonds. The first kappa shape index (κ1) is 20.5. The van der Waals surface area contributed by atoms with Crippen molar-refractivity contribution < 1.29 is 18.7 Å². The first-order chi connectivity index (χ1) is 14.6. The van der Waals surface area contributed by atoms with E-state index in [1.165, 1.54) is 6.07 Å². The SMILES string of the molecule is O=C(CCc1ccccc1F)N1CCC[C@H](c2[nH]ncc2C(=O)N2CCOCC2)C1. The van der Waals surface area contributed by atoms with Gasteiger partial charge in [0.25, 0.3) is 5.91 Å². The zero-order valence-corrected chi connectivity index (χ0v) is 17.0. The molecule has 7 nitrogen and oxygen atoms in total. The van der Waals surface area contributed by atoms with Gasteiger partial charge >= 0.3 is 0 Å². The van der Waals surface area contributed by atoms with Crippen LogP contribution in [0.25, 0.3) is 0 Å². The largest absolute Gasteiger partial charge is 0.378 e. The summed E-state index contributed by atoms with van der Waals surface area (Å²) < 4.78 is 19.2. The number of benzene rings is 1. The number of morpholine rings is 1. The lowest BCUT2D eigenvalue weighted by Crippen LogP contribution is -2.42. The Balaban J connectivity index is 1.39. The van der Waals surface area contributed by atoms with Crippen LogP contribution in [0.1, 0.15) is 46.8 Å². The molecule has 0 unspecified atom stereocenters. The zero-order chi connectivity index (χ0) is 20.9. The molecule has 1 atom stereocenters. The molecule has 1 aromatic heterocycles. The Morgan fingerprint density at radius 3 is 2.77 bits per heavy atom. The molecule has 2 saturated heterocycles. The van der Waals surface area contributed by atoms with Crippen LogP contribution in [0.5, 0.6) is 0 Å². The molecule has 3 heterocycles. The number of H-pyrrole nitrogens is 1. The highest BCUT2D eigenvalue weighted by atomic mass is 19.1. The van der Waals surface area contributed by atoms with E-state index in [1.54, 1.807) is 29.3 Å². The highest BCUT2D eigenvalue weighted by Gasteiger charge is 2.30. The summed E-state index contributed by atoms with van der Waals surface area (Å²) in [6.07, 6.45) is 4.00. The number of aromatic nitrogens is 2. The molecule has 0 aliphatic carbocycles. The summed E-state index contributed by atoms with van der Waals surface area (Å²) in [5.74, 6) is -0.252. The molecule has 1 N–H and O–H groups in total. The number of rotatable bonds is 5. The van der Waals surface area contributed by atoms with Crippen LogP contribution in [-0.4, -0.2) is 71.2 Å². The number of amides is 2. The number of aromatic amines is 1. The van der Waals surface area contributed by atoms with Crippen LogP contribution in [0.4, 0.5) is 4.39 Å². The Kier molecular flexibility index (Phi) is 6.42. The van der Waals surface area contributed by atoms with Crippen molar-refractivity contribution >= 4 is 11.8 Å². The van der Waals surface area contributed by atoms with Crippen LogP contribution in [0.15, 0.2) is 30.5 Å². The van der Waals surface area contributed by atoms with Crippen molar-refractivity contribution in [3.8, 4) is 0 Å². The molecule has 4 rings (SSSR count). The Hall–Kier alpha value is -2.74. The van der Waals surface area contributed by atoms with Crippen LogP contribution in [0.2, 0.25) is 0 Å². The maximum Gasteiger partial charge on any atom is 0.257 e. The van der Waals surface area contributed by atoms with Crippen LogP contribution in [-0.2, 0) is 16.0 Å². The number of nitrogens with zero attached hydrogens (tertiary/aromatic N) is 3. The molecular weight excluding hydrogens is 387 g/mol. The maximum absolute atomic E-state index is 13.8. The average molecular weight is 414 g/mol. The fourth-order valence-electron chi connectivity index (χ4n) is 4.25. The van der Waals surface area contributed by atoms with Gasteiger partial charge in [0, 0.05) is 38.5 Å². The monoisotopic (exact) mass is 414 g/mol.